The molecule has 11 heteroatoms. The van der Waals surface area contributed by atoms with Gasteiger partial charge in [0.1, 0.15) is 17.2 Å². The second kappa shape index (κ2) is 9.31. The van der Waals surface area contributed by atoms with Crippen molar-refractivity contribution in [2.45, 2.75) is 19.1 Å². The number of likely N-dealkylation sites (tertiary alicyclic amines) is 1. The number of hydrogen-bond donors (Lipinski definition) is 4. The van der Waals surface area contributed by atoms with Crippen molar-refractivity contribution < 1.29 is 23.1 Å². The molecule has 1 aromatic heterocycles. The molecule has 1 fully saturated rings. The summed E-state index contributed by atoms with van der Waals surface area (Å²) in [6.45, 7) is 2.55. The smallest absolute Gasteiger partial charge is 0.256 e. The Balaban J connectivity index is 1.44. The van der Waals surface area contributed by atoms with Gasteiger partial charge in [-0.3, -0.25) is 4.79 Å². The summed E-state index contributed by atoms with van der Waals surface area (Å²) in [7, 11) is 0. The summed E-state index contributed by atoms with van der Waals surface area (Å²) in [4.78, 5) is 21.5. The van der Waals surface area contributed by atoms with Crippen LogP contribution in [0.4, 0.5) is 24.5 Å². The number of benzene rings is 2. The standard InChI is InChI=1S/C22H21F3IN5O2/c1-12-28-8-14(29-12)7-27-9-22(33)10-31(11-22)21(32)15-3-4-16(23)19(25)20(15)30-18-5-2-13(26)6-17(18)24/h2-6,8,27,30,33H,7,9-11H2,1H3,(H,28,29). The summed E-state index contributed by atoms with van der Waals surface area (Å²) in [5.41, 5.74) is -0.992. The van der Waals surface area contributed by atoms with E-state index in [1.807, 2.05) is 29.5 Å². The lowest BCUT2D eigenvalue weighted by Gasteiger charge is -2.46. The molecule has 1 amide bonds. The molecule has 1 saturated heterocycles. The van der Waals surface area contributed by atoms with Gasteiger partial charge in [0, 0.05) is 28.6 Å². The third kappa shape index (κ3) is 5.14. The number of H-pyrrole nitrogens is 1. The predicted octanol–water partition coefficient (Wildman–Crippen LogP) is 3.46. The lowest BCUT2D eigenvalue weighted by molar-refractivity contribution is -0.0787. The van der Waals surface area contributed by atoms with Crippen molar-refractivity contribution in [2.24, 2.45) is 0 Å². The van der Waals surface area contributed by atoms with E-state index in [1.165, 1.54) is 17.0 Å². The van der Waals surface area contributed by atoms with E-state index in [0.717, 1.165) is 23.7 Å². The second-order valence-electron chi connectivity index (χ2n) is 8.02. The Hall–Kier alpha value is -2.64. The van der Waals surface area contributed by atoms with Crippen LogP contribution in [0.1, 0.15) is 21.9 Å². The van der Waals surface area contributed by atoms with Crippen LogP contribution in [0.2, 0.25) is 0 Å². The molecule has 0 spiro atoms. The van der Waals surface area contributed by atoms with Crippen molar-refractivity contribution >= 4 is 39.9 Å². The average Bonchev–Trinajstić information content (AvgIpc) is 3.16. The Labute approximate surface area is 201 Å². The number of aryl methyl sites for hydroxylation is 1. The number of carbonyl (C=O) groups is 1. The largest absolute Gasteiger partial charge is 0.385 e. The highest BCUT2D eigenvalue weighted by Crippen LogP contribution is 2.31. The van der Waals surface area contributed by atoms with Gasteiger partial charge in [0.2, 0.25) is 0 Å². The second-order valence-corrected chi connectivity index (χ2v) is 9.26. The van der Waals surface area contributed by atoms with Gasteiger partial charge in [-0.2, -0.15) is 0 Å². The molecule has 0 radical (unpaired) electrons. The van der Waals surface area contributed by atoms with Crippen LogP contribution in [0.3, 0.4) is 0 Å². The highest BCUT2D eigenvalue weighted by molar-refractivity contribution is 14.1. The number of halogens is 4. The number of rotatable bonds is 7. The van der Waals surface area contributed by atoms with Crippen LogP contribution in [0.15, 0.2) is 36.5 Å². The lowest BCUT2D eigenvalue weighted by atomic mass is 9.92. The number of anilines is 2. The van der Waals surface area contributed by atoms with Gasteiger partial charge in [-0.05, 0) is 59.8 Å². The topological polar surface area (TPSA) is 93.3 Å². The van der Waals surface area contributed by atoms with Gasteiger partial charge in [-0.1, -0.05) is 0 Å². The number of imidazole rings is 1. The highest BCUT2D eigenvalue weighted by Gasteiger charge is 2.44. The van der Waals surface area contributed by atoms with Crippen molar-refractivity contribution in [1.29, 1.82) is 0 Å². The molecular weight excluding hydrogens is 550 g/mol. The molecule has 1 aliphatic heterocycles. The summed E-state index contributed by atoms with van der Waals surface area (Å²) < 4.78 is 43.4. The maximum atomic E-state index is 14.6. The van der Waals surface area contributed by atoms with Gasteiger partial charge in [-0.25, -0.2) is 18.2 Å². The predicted molar refractivity (Wildman–Crippen MR) is 125 cm³/mol. The Bertz CT molecular complexity index is 1200. The van der Waals surface area contributed by atoms with E-state index in [2.05, 4.69) is 20.6 Å². The maximum absolute atomic E-state index is 14.6. The Morgan fingerprint density at radius 3 is 2.67 bits per heavy atom. The third-order valence-electron chi connectivity index (χ3n) is 5.30. The molecule has 0 saturated carbocycles. The van der Waals surface area contributed by atoms with Gasteiger partial charge in [-0.15, -0.1) is 0 Å². The zero-order valence-electron chi connectivity index (χ0n) is 17.6. The minimum Gasteiger partial charge on any atom is -0.385 e. The van der Waals surface area contributed by atoms with Crippen LogP contribution < -0.4 is 10.6 Å². The van der Waals surface area contributed by atoms with Crippen molar-refractivity contribution in [1.82, 2.24) is 20.2 Å². The summed E-state index contributed by atoms with van der Waals surface area (Å²) >= 11 is 1.92. The molecule has 0 unspecified atom stereocenters. The molecular formula is C22H21F3IN5O2. The van der Waals surface area contributed by atoms with Crippen LogP contribution >= 0.6 is 22.6 Å². The maximum Gasteiger partial charge on any atom is 0.256 e. The zero-order chi connectivity index (χ0) is 23.8. The third-order valence-corrected chi connectivity index (χ3v) is 5.97. The molecule has 2 aromatic carbocycles. The summed E-state index contributed by atoms with van der Waals surface area (Å²) in [6.07, 6.45) is 1.69. The number of aromatic nitrogens is 2. The Morgan fingerprint density at radius 2 is 2.00 bits per heavy atom. The van der Waals surface area contributed by atoms with E-state index >= 15 is 0 Å². The van der Waals surface area contributed by atoms with Crippen molar-refractivity contribution in [3.63, 3.8) is 0 Å². The highest BCUT2D eigenvalue weighted by atomic mass is 127. The molecule has 174 valence electrons. The van der Waals surface area contributed by atoms with Crippen molar-refractivity contribution in [3.05, 3.63) is 74.6 Å². The van der Waals surface area contributed by atoms with Crippen LogP contribution in [-0.2, 0) is 6.54 Å². The van der Waals surface area contributed by atoms with Gasteiger partial charge >= 0.3 is 0 Å². The fraction of sp³-hybridized carbons (Fsp3) is 0.273. The van der Waals surface area contributed by atoms with E-state index < -0.39 is 34.6 Å². The van der Waals surface area contributed by atoms with Crippen molar-refractivity contribution in [2.75, 3.05) is 25.0 Å². The fourth-order valence-electron chi connectivity index (χ4n) is 3.66. The number of aromatic amines is 1. The number of amides is 1. The molecule has 7 nitrogen and oxygen atoms in total. The molecule has 1 aliphatic rings. The quantitative estimate of drug-likeness (QED) is 0.326. The summed E-state index contributed by atoms with van der Waals surface area (Å²) in [5, 5.41) is 16.3. The minimum absolute atomic E-state index is 0.0111. The number of carbonyl (C=O) groups excluding carboxylic acids is 1. The average molecular weight is 571 g/mol. The zero-order valence-corrected chi connectivity index (χ0v) is 19.7. The van der Waals surface area contributed by atoms with Gasteiger partial charge in [0.25, 0.3) is 5.91 Å². The molecule has 0 bridgehead atoms. The molecule has 3 aromatic rings. The van der Waals surface area contributed by atoms with Crippen LogP contribution in [-0.4, -0.2) is 51.1 Å². The number of nitrogens with zero attached hydrogens (tertiary/aromatic N) is 2. The van der Waals surface area contributed by atoms with Crippen LogP contribution in [0.25, 0.3) is 0 Å². The van der Waals surface area contributed by atoms with Gasteiger partial charge in [0.15, 0.2) is 11.6 Å². The van der Waals surface area contributed by atoms with E-state index in [9.17, 15) is 23.1 Å². The van der Waals surface area contributed by atoms with Crippen LogP contribution in [0.5, 0.6) is 0 Å². The lowest BCUT2D eigenvalue weighted by Crippen LogP contribution is -2.67. The fourth-order valence-corrected chi connectivity index (χ4v) is 4.11. The minimum atomic E-state index is -1.29. The first-order valence-electron chi connectivity index (χ1n) is 10.1. The molecule has 0 atom stereocenters. The van der Waals surface area contributed by atoms with E-state index in [0.29, 0.717) is 10.1 Å². The first-order valence-corrected chi connectivity index (χ1v) is 11.2. The number of aliphatic hydroxyl groups is 1. The van der Waals surface area contributed by atoms with E-state index in [4.69, 9.17) is 0 Å². The first-order chi connectivity index (χ1) is 15.6. The normalized spacial score (nSPS) is 14.8. The summed E-state index contributed by atoms with van der Waals surface area (Å²) in [6, 6.07) is 6.19. The number of nitrogens with one attached hydrogen (secondary N) is 3. The van der Waals surface area contributed by atoms with Gasteiger partial charge < -0.3 is 25.6 Å². The molecule has 4 rings (SSSR count). The summed E-state index contributed by atoms with van der Waals surface area (Å²) in [5.74, 6) is -2.94. The molecule has 0 aliphatic carbocycles. The van der Waals surface area contributed by atoms with E-state index in [1.54, 1.807) is 12.3 Å². The van der Waals surface area contributed by atoms with Crippen molar-refractivity contribution in [3.8, 4) is 0 Å². The van der Waals surface area contributed by atoms with Crippen LogP contribution in [0, 0.1) is 27.9 Å². The first kappa shape index (κ1) is 23.5. The molecule has 33 heavy (non-hydrogen) atoms. The molecule has 2 heterocycles. The number of β-amino-alcohol motifs (C(OH)–C–C–N with tert-alkyl or cyclic N) is 1. The molecule has 4 N–H and O–H groups in total. The monoisotopic (exact) mass is 571 g/mol. The van der Waals surface area contributed by atoms with Gasteiger partial charge in [0.05, 0.1) is 30.0 Å². The van der Waals surface area contributed by atoms with E-state index in [-0.39, 0.29) is 30.9 Å². The Morgan fingerprint density at radius 1 is 1.24 bits per heavy atom. The Kier molecular flexibility index (Phi) is 6.64. The SMILES string of the molecule is Cc1ncc(CNCC2(O)CN(C(=O)c3ccc(F)c(F)c3Nc3ccc(I)cc3F)C2)[nH]1. The number of hydrogen-bond acceptors (Lipinski definition) is 5.